The first kappa shape index (κ1) is 29.4. The van der Waals surface area contributed by atoms with Crippen LogP contribution in [-0.2, 0) is 14.8 Å². The minimum Gasteiger partial charge on any atom is -0.369 e. The van der Waals surface area contributed by atoms with Gasteiger partial charge in [0.2, 0.25) is 21.9 Å². The first-order chi connectivity index (χ1) is 20.2. The smallest absolute Gasteiger partial charge is 0.240 e. The molecule has 12 heteroatoms. The van der Waals surface area contributed by atoms with E-state index in [1.807, 2.05) is 19.1 Å². The van der Waals surface area contributed by atoms with Crippen molar-refractivity contribution in [2.24, 2.45) is 0 Å². The Morgan fingerprint density at radius 2 is 1.90 bits per heavy atom. The molecule has 1 unspecified atom stereocenters. The number of carbonyl (C=O) groups excluding carboxylic acids is 1. The Hall–Kier alpha value is -4.06. The number of fused-ring (bicyclic) bond motifs is 4. The van der Waals surface area contributed by atoms with Gasteiger partial charge in [-0.05, 0) is 66.4 Å². The first-order valence-electron chi connectivity index (χ1n) is 13.6. The molecule has 4 bridgehead atoms. The molecule has 1 aliphatic rings. The molecule has 2 heterocycles. The van der Waals surface area contributed by atoms with Crippen LogP contribution >= 0.6 is 11.6 Å². The average Bonchev–Trinajstić information content (AvgIpc) is 2.97. The van der Waals surface area contributed by atoms with Gasteiger partial charge >= 0.3 is 0 Å². The highest BCUT2D eigenvalue weighted by atomic mass is 35.5. The van der Waals surface area contributed by atoms with Crippen molar-refractivity contribution in [3.63, 3.8) is 0 Å². The molecule has 0 aliphatic carbocycles. The number of benzene rings is 3. The van der Waals surface area contributed by atoms with E-state index >= 15 is 4.39 Å². The Bertz CT molecular complexity index is 1700. The summed E-state index contributed by atoms with van der Waals surface area (Å²) in [5.74, 6) is -0.650. The molecule has 1 atom stereocenters. The van der Waals surface area contributed by atoms with Crippen molar-refractivity contribution in [1.82, 2.24) is 14.7 Å². The fourth-order valence-electron chi connectivity index (χ4n) is 4.68. The highest BCUT2D eigenvalue weighted by Crippen LogP contribution is 2.32. The number of nitrogens with one attached hydrogen (secondary N) is 4. The van der Waals surface area contributed by atoms with E-state index in [9.17, 15) is 13.2 Å². The molecule has 4 aromatic rings. The number of amides is 1. The van der Waals surface area contributed by atoms with Crippen molar-refractivity contribution < 1.29 is 17.6 Å². The number of rotatable bonds is 6. The van der Waals surface area contributed by atoms with E-state index in [-0.39, 0.29) is 29.0 Å². The summed E-state index contributed by atoms with van der Waals surface area (Å²) in [5, 5.41) is 9.57. The third kappa shape index (κ3) is 6.87. The zero-order valence-corrected chi connectivity index (χ0v) is 24.4. The van der Waals surface area contributed by atoms with E-state index in [2.05, 4.69) is 30.6 Å². The molecule has 9 nitrogen and oxygen atoms in total. The Kier molecular flexibility index (Phi) is 9.00. The van der Waals surface area contributed by atoms with Crippen LogP contribution in [0.1, 0.15) is 37.7 Å². The van der Waals surface area contributed by atoms with Crippen molar-refractivity contribution in [2.45, 2.75) is 37.0 Å². The summed E-state index contributed by atoms with van der Waals surface area (Å²) >= 11 is 6.01. The molecule has 0 saturated carbocycles. The summed E-state index contributed by atoms with van der Waals surface area (Å²) in [6.07, 6.45) is 3.43. The van der Waals surface area contributed by atoms with Gasteiger partial charge in [0, 0.05) is 35.6 Å². The van der Waals surface area contributed by atoms with Crippen LogP contribution in [0.2, 0.25) is 5.02 Å². The lowest BCUT2D eigenvalue weighted by molar-refractivity contribution is -0.117. The highest BCUT2D eigenvalue weighted by Gasteiger charge is 2.22. The van der Waals surface area contributed by atoms with Gasteiger partial charge in [-0.15, -0.1) is 0 Å². The van der Waals surface area contributed by atoms with Crippen LogP contribution < -0.4 is 20.7 Å². The summed E-state index contributed by atoms with van der Waals surface area (Å²) in [6, 6.07) is 18.0. The number of anilines is 4. The third-order valence-electron chi connectivity index (χ3n) is 6.83. The lowest BCUT2D eigenvalue weighted by Crippen LogP contribution is -2.26. The maximum Gasteiger partial charge on any atom is 0.240 e. The van der Waals surface area contributed by atoms with E-state index in [1.165, 1.54) is 24.3 Å². The molecule has 4 N–H and O–H groups in total. The van der Waals surface area contributed by atoms with Crippen molar-refractivity contribution >= 4 is 50.7 Å². The molecule has 0 radical (unpaired) electrons. The Balaban J connectivity index is 1.40. The zero-order valence-electron chi connectivity index (χ0n) is 22.8. The SMILES string of the molecule is CCCC(C(=O)Nc1ccc(-c2cnc3nc2NCCCNS(=O)(=O)c2cccc(c2)N3)cc1F)c1ccc(Cl)cc1. The van der Waals surface area contributed by atoms with Crippen LogP contribution in [0.25, 0.3) is 11.1 Å². The standard InChI is InChI=1S/C30H30ClFN6O3S/c1-2-5-24(19-8-11-21(31)12-9-19)29(39)37-27-13-10-20(16-26(27)32)25-18-34-30-36-22-6-3-7-23(17-22)42(40,41)35-15-4-14-33-28(25)38-30/h3,6-13,16-18,24,35H,2,4-5,14-15H2,1H3,(H,37,39)(H2,33,34,36,38). The van der Waals surface area contributed by atoms with Gasteiger partial charge in [-0.3, -0.25) is 4.79 Å². The molecule has 1 amide bonds. The second kappa shape index (κ2) is 12.8. The predicted molar refractivity (Wildman–Crippen MR) is 163 cm³/mol. The predicted octanol–water partition coefficient (Wildman–Crippen LogP) is 6.30. The molecule has 0 fully saturated rings. The van der Waals surface area contributed by atoms with Crippen molar-refractivity contribution in [2.75, 3.05) is 29.0 Å². The molecule has 1 aromatic heterocycles. The van der Waals surface area contributed by atoms with E-state index in [0.717, 1.165) is 12.0 Å². The lowest BCUT2D eigenvalue weighted by atomic mass is 9.93. The summed E-state index contributed by atoms with van der Waals surface area (Å²) in [4.78, 5) is 22.3. The summed E-state index contributed by atoms with van der Waals surface area (Å²) in [7, 11) is -3.67. The first-order valence-corrected chi connectivity index (χ1v) is 15.4. The zero-order chi connectivity index (χ0) is 29.7. The fraction of sp³-hybridized carbons (Fsp3) is 0.233. The van der Waals surface area contributed by atoms with E-state index in [1.54, 1.807) is 36.5 Å². The molecule has 1 aliphatic heterocycles. The summed E-state index contributed by atoms with van der Waals surface area (Å²) in [6.45, 7) is 2.62. The van der Waals surface area contributed by atoms with Crippen LogP contribution in [0.3, 0.4) is 0 Å². The van der Waals surface area contributed by atoms with Crippen molar-refractivity contribution in [3.8, 4) is 11.1 Å². The Morgan fingerprint density at radius 3 is 2.67 bits per heavy atom. The minimum atomic E-state index is -3.67. The van der Waals surface area contributed by atoms with Gasteiger partial charge < -0.3 is 16.0 Å². The van der Waals surface area contributed by atoms with Gasteiger partial charge in [-0.1, -0.05) is 49.2 Å². The van der Waals surface area contributed by atoms with E-state index in [4.69, 9.17) is 11.6 Å². The Labute approximate surface area is 249 Å². The van der Waals surface area contributed by atoms with Crippen molar-refractivity contribution in [3.05, 3.63) is 89.3 Å². The second-order valence-electron chi connectivity index (χ2n) is 9.86. The van der Waals surface area contributed by atoms with Gasteiger partial charge in [0.25, 0.3) is 0 Å². The topological polar surface area (TPSA) is 125 Å². The van der Waals surface area contributed by atoms with Crippen LogP contribution in [0.15, 0.2) is 77.8 Å². The van der Waals surface area contributed by atoms with Gasteiger partial charge in [-0.2, -0.15) is 4.98 Å². The molecule has 3 aromatic carbocycles. The number of hydrogen-bond acceptors (Lipinski definition) is 7. The fourth-order valence-corrected chi connectivity index (χ4v) is 5.93. The molecule has 0 spiro atoms. The largest absolute Gasteiger partial charge is 0.369 e. The van der Waals surface area contributed by atoms with Crippen LogP contribution in [0.5, 0.6) is 0 Å². The van der Waals surface area contributed by atoms with Gasteiger partial charge in [-0.25, -0.2) is 22.5 Å². The number of nitrogens with zero attached hydrogens (tertiary/aromatic N) is 2. The van der Waals surface area contributed by atoms with Crippen LogP contribution in [-0.4, -0.2) is 37.4 Å². The molecule has 0 saturated heterocycles. The number of hydrogen-bond donors (Lipinski definition) is 4. The molecule has 5 rings (SSSR count). The highest BCUT2D eigenvalue weighted by molar-refractivity contribution is 7.89. The lowest BCUT2D eigenvalue weighted by Gasteiger charge is -2.18. The van der Waals surface area contributed by atoms with Crippen LogP contribution in [0.4, 0.5) is 27.5 Å². The quantitative estimate of drug-likeness (QED) is 0.202. The monoisotopic (exact) mass is 608 g/mol. The van der Waals surface area contributed by atoms with E-state index < -0.39 is 21.8 Å². The van der Waals surface area contributed by atoms with Crippen LogP contribution in [0, 0.1) is 5.82 Å². The third-order valence-corrected chi connectivity index (χ3v) is 8.54. The van der Waals surface area contributed by atoms with Gasteiger partial charge in [0.1, 0.15) is 11.6 Å². The Morgan fingerprint density at radius 1 is 1.10 bits per heavy atom. The maximum absolute atomic E-state index is 15.4. The number of halogens is 2. The number of sulfonamides is 1. The maximum atomic E-state index is 15.4. The molecule has 218 valence electrons. The van der Waals surface area contributed by atoms with Crippen molar-refractivity contribution in [1.29, 1.82) is 0 Å². The number of carbonyl (C=O) groups is 1. The number of aromatic nitrogens is 2. The second-order valence-corrected chi connectivity index (χ2v) is 12.1. The van der Waals surface area contributed by atoms with E-state index in [0.29, 0.717) is 47.0 Å². The van der Waals surface area contributed by atoms with Gasteiger partial charge in [0.15, 0.2) is 0 Å². The molecular formula is C30H30ClFN6O3S. The molecule has 42 heavy (non-hydrogen) atoms. The molecular weight excluding hydrogens is 579 g/mol. The summed E-state index contributed by atoms with van der Waals surface area (Å²) in [5.41, 5.74) is 2.44. The van der Waals surface area contributed by atoms with Gasteiger partial charge in [0.05, 0.1) is 16.5 Å². The minimum absolute atomic E-state index is 0.0677. The normalized spacial score (nSPS) is 15.1. The average molecular weight is 609 g/mol. The summed E-state index contributed by atoms with van der Waals surface area (Å²) < 4.78 is 43.2.